The molecular formula is C12H14BrCl2N. The molecule has 0 aromatic heterocycles. The average molecular weight is 323 g/mol. The van der Waals surface area contributed by atoms with Gasteiger partial charge in [0.05, 0.1) is 15.7 Å². The largest absolute Gasteiger partial charge is 0.381 e. The van der Waals surface area contributed by atoms with E-state index in [-0.39, 0.29) is 0 Å². The van der Waals surface area contributed by atoms with E-state index in [9.17, 15) is 0 Å². The van der Waals surface area contributed by atoms with Crippen LogP contribution in [0.3, 0.4) is 0 Å². The normalized spacial score (nSPS) is 19.3. The van der Waals surface area contributed by atoms with Crippen LogP contribution in [0.15, 0.2) is 16.6 Å². The van der Waals surface area contributed by atoms with Crippen LogP contribution in [0.1, 0.15) is 26.7 Å². The van der Waals surface area contributed by atoms with Crippen molar-refractivity contribution in [3.63, 3.8) is 0 Å². The van der Waals surface area contributed by atoms with Crippen molar-refractivity contribution in [1.29, 1.82) is 0 Å². The second kappa shape index (κ2) is 4.40. The van der Waals surface area contributed by atoms with E-state index in [4.69, 9.17) is 23.2 Å². The van der Waals surface area contributed by atoms with E-state index in [1.54, 1.807) is 0 Å². The lowest BCUT2D eigenvalue weighted by atomic mass is 10.0. The Hall–Kier alpha value is 0.0800. The van der Waals surface area contributed by atoms with E-state index in [0.717, 1.165) is 10.2 Å². The van der Waals surface area contributed by atoms with Crippen LogP contribution in [-0.4, -0.2) is 6.04 Å². The molecule has 1 aromatic carbocycles. The summed E-state index contributed by atoms with van der Waals surface area (Å²) in [5.74, 6) is 0. The van der Waals surface area contributed by atoms with Crippen molar-refractivity contribution >= 4 is 44.8 Å². The molecule has 1 aromatic rings. The summed E-state index contributed by atoms with van der Waals surface area (Å²) in [6, 6.07) is 4.29. The van der Waals surface area contributed by atoms with Gasteiger partial charge in [0.1, 0.15) is 0 Å². The first-order chi connectivity index (χ1) is 7.44. The maximum absolute atomic E-state index is 6.19. The van der Waals surface area contributed by atoms with Crippen molar-refractivity contribution in [2.75, 3.05) is 5.32 Å². The van der Waals surface area contributed by atoms with Gasteiger partial charge in [-0.15, -0.1) is 0 Å². The van der Waals surface area contributed by atoms with Gasteiger partial charge in [-0.1, -0.05) is 30.1 Å². The van der Waals surface area contributed by atoms with Crippen LogP contribution in [0.25, 0.3) is 0 Å². The predicted molar refractivity (Wildman–Crippen MR) is 74.6 cm³/mol. The molecule has 1 atom stereocenters. The second-order valence-electron chi connectivity index (χ2n) is 4.74. The summed E-state index contributed by atoms with van der Waals surface area (Å²) < 4.78 is 0.829. The smallest absolute Gasteiger partial charge is 0.0835 e. The van der Waals surface area contributed by atoms with Crippen molar-refractivity contribution in [2.24, 2.45) is 5.41 Å². The molecule has 4 heteroatoms. The fourth-order valence-corrected chi connectivity index (χ4v) is 2.50. The average Bonchev–Trinajstić information content (AvgIpc) is 2.99. The number of anilines is 1. The molecule has 16 heavy (non-hydrogen) atoms. The Kier molecular flexibility index (Phi) is 3.44. The van der Waals surface area contributed by atoms with Gasteiger partial charge in [-0.3, -0.25) is 0 Å². The first-order valence-electron chi connectivity index (χ1n) is 5.34. The topological polar surface area (TPSA) is 12.0 Å². The second-order valence-corrected chi connectivity index (χ2v) is 6.35. The Labute approximate surface area is 115 Å². The third kappa shape index (κ3) is 2.34. The number of benzene rings is 1. The van der Waals surface area contributed by atoms with Crippen LogP contribution in [0.4, 0.5) is 5.69 Å². The van der Waals surface area contributed by atoms with Crippen LogP contribution in [0, 0.1) is 5.41 Å². The zero-order chi connectivity index (χ0) is 11.9. The molecule has 0 saturated heterocycles. The van der Waals surface area contributed by atoms with Gasteiger partial charge >= 0.3 is 0 Å². The molecule has 0 bridgehead atoms. The van der Waals surface area contributed by atoms with Crippen molar-refractivity contribution in [1.82, 2.24) is 0 Å². The molecule has 0 radical (unpaired) electrons. The molecule has 0 aliphatic heterocycles. The van der Waals surface area contributed by atoms with Crippen LogP contribution in [0.2, 0.25) is 10.0 Å². The molecule has 1 N–H and O–H groups in total. The van der Waals surface area contributed by atoms with E-state index >= 15 is 0 Å². The quantitative estimate of drug-likeness (QED) is 0.739. The fraction of sp³-hybridized carbons (Fsp3) is 0.500. The Balaban J connectivity index is 2.19. The Morgan fingerprint density at radius 1 is 1.31 bits per heavy atom. The van der Waals surface area contributed by atoms with Gasteiger partial charge in [0.25, 0.3) is 0 Å². The SMILES string of the molecule is CC(Nc1ccc(Br)c(Cl)c1Cl)C1(C)CC1. The van der Waals surface area contributed by atoms with Gasteiger partial charge < -0.3 is 5.32 Å². The molecule has 1 aliphatic carbocycles. The van der Waals surface area contributed by atoms with E-state index in [1.165, 1.54) is 12.8 Å². The van der Waals surface area contributed by atoms with Crippen LogP contribution >= 0.6 is 39.1 Å². The molecule has 0 heterocycles. The first kappa shape index (κ1) is 12.5. The number of hydrogen-bond acceptors (Lipinski definition) is 1. The van der Waals surface area contributed by atoms with Crippen molar-refractivity contribution in [2.45, 2.75) is 32.7 Å². The molecular weight excluding hydrogens is 309 g/mol. The van der Waals surface area contributed by atoms with E-state index in [1.807, 2.05) is 12.1 Å². The number of rotatable bonds is 3. The molecule has 1 saturated carbocycles. The standard InChI is InChI=1S/C12H14BrCl2N/c1-7(12(2)5-6-12)16-9-4-3-8(13)10(14)11(9)15/h3-4,7,16H,5-6H2,1-2H3. The van der Waals surface area contributed by atoms with Crippen molar-refractivity contribution < 1.29 is 0 Å². The maximum Gasteiger partial charge on any atom is 0.0835 e. The lowest BCUT2D eigenvalue weighted by Crippen LogP contribution is -2.25. The molecule has 1 aliphatic rings. The van der Waals surface area contributed by atoms with Gasteiger partial charge in [-0.05, 0) is 53.2 Å². The van der Waals surface area contributed by atoms with Crippen molar-refractivity contribution in [3.05, 3.63) is 26.7 Å². The summed E-state index contributed by atoms with van der Waals surface area (Å²) in [5.41, 5.74) is 1.33. The van der Waals surface area contributed by atoms with Gasteiger partial charge in [0.15, 0.2) is 0 Å². The zero-order valence-corrected chi connectivity index (χ0v) is 12.4. The minimum atomic E-state index is 0.419. The highest BCUT2D eigenvalue weighted by molar-refractivity contribution is 9.10. The molecule has 1 nitrogen and oxygen atoms in total. The number of hydrogen-bond donors (Lipinski definition) is 1. The van der Waals surface area contributed by atoms with E-state index in [2.05, 4.69) is 35.1 Å². The molecule has 0 amide bonds. The van der Waals surface area contributed by atoms with Gasteiger partial charge in [0.2, 0.25) is 0 Å². The summed E-state index contributed by atoms with van der Waals surface area (Å²) in [6.07, 6.45) is 2.56. The maximum atomic E-state index is 6.19. The first-order valence-corrected chi connectivity index (χ1v) is 6.89. The summed E-state index contributed by atoms with van der Waals surface area (Å²) in [5, 5.41) is 4.60. The lowest BCUT2D eigenvalue weighted by Gasteiger charge is -2.22. The minimum absolute atomic E-state index is 0.419. The van der Waals surface area contributed by atoms with Gasteiger partial charge in [-0.25, -0.2) is 0 Å². The molecule has 2 rings (SSSR count). The van der Waals surface area contributed by atoms with E-state index in [0.29, 0.717) is 21.5 Å². The summed E-state index contributed by atoms with van der Waals surface area (Å²) in [4.78, 5) is 0. The van der Waals surface area contributed by atoms with Crippen LogP contribution < -0.4 is 5.32 Å². The van der Waals surface area contributed by atoms with Crippen molar-refractivity contribution in [3.8, 4) is 0 Å². The van der Waals surface area contributed by atoms with Gasteiger partial charge in [0, 0.05) is 10.5 Å². The van der Waals surface area contributed by atoms with Gasteiger partial charge in [-0.2, -0.15) is 0 Å². The fourth-order valence-electron chi connectivity index (χ4n) is 1.68. The third-order valence-electron chi connectivity index (χ3n) is 3.49. The Morgan fingerprint density at radius 3 is 2.50 bits per heavy atom. The summed E-state index contributed by atoms with van der Waals surface area (Å²) >= 11 is 15.6. The highest BCUT2D eigenvalue weighted by Gasteiger charge is 2.42. The highest BCUT2D eigenvalue weighted by atomic mass is 79.9. The molecule has 88 valence electrons. The number of halogens is 3. The summed E-state index contributed by atoms with van der Waals surface area (Å²) in [6.45, 7) is 4.48. The monoisotopic (exact) mass is 321 g/mol. The Morgan fingerprint density at radius 2 is 1.94 bits per heavy atom. The number of nitrogens with one attached hydrogen (secondary N) is 1. The lowest BCUT2D eigenvalue weighted by molar-refractivity contribution is 0.493. The third-order valence-corrected chi connectivity index (χ3v) is 5.26. The zero-order valence-electron chi connectivity index (χ0n) is 9.28. The minimum Gasteiger partial charge on any atom is -0.381 e. The summed E-state index contributed by atoms with van der Waals surface area (Å²) in [7, 11) is 0. The Bertz CT molecular complexity index is 416. The highest BCUT2D eigenvalue weighted by Crippen LogP contribution is 2.49. The van der Waals surface area contributed by atoms with Crippen LogP contribution in [-0.2, 0) is 0 Å². The molecule has 1 fully saturated rings. The molecule has 1 unspecified atom stereocenters. The molecule has 0 spiro atoms. The van der Waals surface area contributed by atoms with E-state index < -0.39 is 0 Å². The predicted octanol–water partition coefficient (Wildman–Crippen LogP) is 5.36. The van der Waals surface area contributed by atoms with Crippen LogP contribution in [0.5, 0.6) is 0 Å².